The van der Waals surface area contributed by atoms with Crippen LogP contribution in [0.3, 0.4) is 0 Å². The molecule has 0 heterocycles. The fraction of sp³-hybridized carbons (Fsp3) is 0.933. The Morgan fingerprint density at radius 1 is 1.06 bits per heavy atom. The highest BCUT2D eigenvalue weighted by Crippen LogP contribution is 2.22. The van der Waals surface area contributed by atoms with Crippen LogP contribution < -0.4 is 0 Å². The zero-order valence-corrected chi connectivity index (χ0v) is 12.5. The Morgan fingerprint density at radius 3 is 2.17 bits per heavy atom. The Morgan fingerprint density at radius 2 is 1.67 bits per heavy atom. The molecule has 3 heteroatoms. The fourth-order valence-corrected chi connectivity index (χ4v) is 2.83. The zero-order valence-electron chi connectivity index (χ0n) is 12.5. The van der Waals surface area contributed by atoms with E-state index in [0.717, 1.165) is 52.0 Å². The maximum Gasteiger partial charge on any atom is 0.137 e. The van der Waals surface area contributed by atoms with Gasteiger partial charge in [-0.2, -0.15) is 0 Å². The summed E-state index contributed by atoms with van der Waals surface area (Å²) < 4.78 is 0. The number of ketones is 1. The van der Waals surface area contributed by atoms with Crippen LogP contribution in [0.25, 0.3) is 0 Å². The lowest BCUT2D eigenvalue weighted by Gasteiger charge is -2.25. The largest absolute Gasteiger partial charge is 0.304 e. The molecule has 0 amide bonds. The van der Waals surface area contributed by atoms with Crippen molar-refractivity contribution in [1.29, 1.82) is 0 Å². The molecule has 1 aliphatic rings. The van der Waals surface area contributed by atoms with Crippen LogP contribution in [0.15, 0.2) is 0 Å². The molecule has 1 unspecified atom stereocenters. The predicted octanol–water partition coefficient (Wildman–Crippen LogP) is 2.41. The molecule has 0 aliphatic heterocycles. The third kappa shape index (κ3) is 5.07. The summed E-state index contributed by atoms with van der Waals surface area (Å²) in [5.41, 5.74) is 0. The summed E-state index contributed by atoms with van der Waals surface area (Å²) >= 11 is 0. The number of Topliss-reactive ketones (excluding diaryl/α,β-unsaturated/α-hetero) is 1. The Kier molecular flexibility index (Phi) is 7.52. The van der Waals surface area contributed by atoms with Gasteiger partial charge >= 0.3 is 0 Å². The van der Waals surface area contributed by atoms with Gasteiger partial charge in [-0.15, -0.1) is 0 Å². The van der Waals surface area contributed by atoms with Crippen molar-refractivity contribution in [2.45, 2.75) is 46.5 Å². The zero-order chi connectivity index (χ0) is 13.4. The highest BCUT2D eigenvalue weighted by molar-refractivity contribution is 5.83. The molecule has 0 aromatic carbocycles. The van der Waals surface area contributed by atoms with Gasteiger partial charge in [0.25, 0.3) is 0 Å². The summed E-state index contributed by atoms with van der Waals surface area (Å²) in [4.78, 5) is 16.6. The van der Waals surface area contributed by atoms with Crippen molar-refractivity contribution in [2.75, 3.05) is 39.3 Å². The molecule has 0 N–H and O–H groups in total. The van der Waals surface area contributed by atoms with Gasteiger partial charge in [-0.25, -0.2) is 0 Å². The van der Waals surface area contributed by atoms with Crippen molar-refractivity contribution in [2.24, 2.45) is 5.92 Å². The molecular formula is C15H30N2O. The minimum atomic E-state index is 0.332. The summed E-state index contributed by atoms with van der Waals surface area (Å²) in [6.45, 7) is 13.3. The van der Waals surface area contributed by atoms with Crippen LogP contribution in [0.4, 0.5) is 0 Å². The molecule has 106 valence electrons. The van der Waals surface area contributed by atoms with Gasteiger partial charge in [0, 0.05) is 18.9 Å². The van der Waals surface area contributed by atoms with E-state index in [1.165, 1.54) is 13.0 Å². The van der Waals surface area contributed by atoms with Crippen LogP contribution in [-0.4, -0.2) is 54.9 Å². The molecule has 3 nitrogen and oxygen atoms in total. The van der Waals surface area contributed by atoms with Gasteiger partial charge in [0.05, 0.1) is 0 Å². The van der Waals surface area contributed by atoms with E-state index < -0.39 is 0 Å². The first-order valence-electron chi connectivity index (χ1n) is 7.68. The van der Waals surface area contributed by atoms with Gasteiger partial charge in [-0.3, -0.25) is 4.79 Å². The molecule has 0 radical (unpaired) electrons. The number of rotatable bonds is 9. The maximum absolute atomic E-state index is 11.7. The van der Waals surface area contributed by atoms with Gasteiger partial charge in [0.1, 0.15) is 5.78 Å². The first kappa shape index (κ1) is 15.6. The Labute approximate surface area is 113 Å². The summed E-state index contributed by atoms with van der Waals surface area (Å²) in [6.07, 6.45) is 4.27. The van der Waals surface area contributed by atoms with Crippen molar-refractivity contribution in [1.82, 2.24) is 9.80 Å². The Balaban J connectivity index is 2.22. The number of hydrogen-bond donors (Lipinski definition) is 0. The summed E-state index contributed by atoms with van der Waals surface area (Å²) in [5.74, 6) is 0.829. The van der Waals surface area contributed by atoms with Crippen molar-refractivity contribution >= 4 is 5.78 Å². The molecule has 1 rings (SSSR count). The van der Waals surface area contributed by atoms with Crippen molar-refractivity contribution in [3.8, 4) is 0 Å². The van der Waals surface area contributed by atoms with Crippen LogP contribution in [0.2, 0.25) is 0 Å². The topological polar surface area (TPSA) is 23.6 Å². The summed E-state index contributed by atoms with van der Waals surface area (Å²) in [6, 6.07) is 0. The van der Waals surface area contributed by atoms with E-state index >= 15 is 0 Å². The lowest BCUT2D eigenvalue weighted by atomic mass is 10.1. The molecule has 0 saturated heterocycles. The van der Waals surface area contributed by atoms with E-state index in [2.05, 4.69) is 30.6 Å². The van der Waals surface area contributed by atoms with Gasteiger partial charge < -0.3 is 9.80 Å². The standard InChI is InChI=1S/C15H30N2O/c1-4-16(5-2)11-8-12-17(6-3)13-14-9-7-10-15(14)18/h14H,4-13H2,1-3H3. The van der Waals surface area contributed by atoms with E-state index in [1.54, 1.807) is 0 Å². The van der Waals surface area contributed by atoms with E-state index in [1.807, 2.05) is 0 Å². The van der Waals surface area contributed by atoms with Gasteiger partial charge in [0.15, 0.2) is 0 Å². The molecule has 1 saturated carbocycles. The second-order valence-corrected chi connectivity index (χ2v) is 5.33. The van der Waals surface area contributed by atoms with Crippen molar-refractivity contribution < 1.29 is 4.79 Å². The summed E-state index contributed by atoms with van der Waals surface area (Å²) in [7, 11) is 0. The third-order valence-corrected chi connectivity index (χ3v) is 4.20. The van der Waals surface area contributed by atoms with Gasteiger partial charge in [-0.1, -0.05) is 20.8 Å². The highest BCUT2D eigenvalue weighted by Gasteiger charge is 2.25. The second-order valence-electron chi connectivity index (χ2n) is 5.33. The molecule has 18 heavy (non-hydrogen) atoms. The van der Waals surface area contributed by atoms with Crippen molar-refractivity contribution in [3.63, 3.8) is 0 Å². The van der Waals surface area contributed by atoms with E-state index in [0.29, 0.717) is 11.7 Å². The van der Waals surface area contributed by atoms with E-state index in [9.17, 15) is 4.79 Å². The first-order chi connectivity index (χ1) is 8.71. The van der Waals surface area contributed by atoms with E-state index in [4.69, 9.17) is 0 Å². The molecule has 1 fully saturated rings. The van der Waals surface area contributed by atoms with Crippen LogP contribution in [-0.2, 0) is 4.79 Å². The van der Waals surface area contributed by atoms with Crippen molar-refractivity contribution in [3.05, 3.63) is 0 Å². The molecule has 1 atom stereocenters. The molecule has 0 aromatic heterocycles. The minimum absolute atomic E-state index is 0.332. The van der Waals surface area contributed by atoms with Crippen LogP contribution in [0.5, 0.6) is 0 Å². The fourth-order valence-electron chi connectivity index (χ4n) is 2.83. The van der Waals surface area contributed by atoms with Crippen LogP contribution >= 0.6 is 0 Å². The smallest absolute Gasteiger partial charge is 0.137 e. The van der Waals surface area contributed by atoms with Crippen LogP contribution in [0.1, 0.15) is 46.5 Å². The molecular weight excluding hydrogens is 224 g/mol. The molecule has 1 aliphatic carbocycles. The van der Waals surface area contributed by atoms with Gasteiger partial charge in [-0.05, 0) is 52.0 Å². The first-order valence-corrected chi connectivity index (χ1v) is 7.68. The number of carbonyl (C=O) groups is 1. The number of hydrogen-bond acceptors (Lipinski definition) is 3. The Hall–Kier alpha value is -0.410. The molecule has 0 spiro atoms. The normalized spacial score (nSPS) is 20.3. The number of nitrogens with zero attached hydrogens (tertiary/aromatic N) is 2. The average molecular weight is 254 g/mol. The Bertz CT molecular complexity index is 239. The second kappa shape index (κ2) is 8.65. The van der Waals surface area contributed by atoms with E-state index in [-0.39, 0.29) is 0 Å². The molecule has 0 bridgehead atoms. The maximum atomic E-state index is 11.7. The summed E-state index contributed by atoms with van der Waals surface area (Å²) in [5, 5.41) is 0. The predicted molar refractivity (Wildman–Crippen MR) is 76.9 cm³/mol. The van der Waals surface area contributed by atoms with Gasteiger partial charge in [0.2, 0.25) is 0 Å². The average Bonchev–Trinajstić information content (AvgIpc) is 2.79. The third-order valence-electron chi connectivity index (χ3n) is 4.20. The number of carbonyl (C=O) groups excluding carboxylic acids is 1. The van der Waals surface area contributed by atoms with Crippen LogP contribution in [0, 0.1) is 5.92 Å². The molecule has 0 aromatic rings. The minimum Gasteiger partial charge on any atom is -0.304 e. The SMILES string of the molecule is CCN(CC)CCCN(CC)CC1CCCC1=O. The quantitative estimate of drug-likeness (QED) is 0.631. The lowest BCUT2D eigenvalue weighted by Crippen LogP contribution is -2.34. The highest BCUT2D eigenvalue weighted by atomic mass is 16.1. The lowest BCUT2D eigenvalue weighted by molar-refractivity contribution is -0.121. The monoisotopic (exact) mass is 254 g/mol.